The van der Waals surface area contributed by atoms with Crippen LogP contribution in [-0.4, -0.2) is 26.1 Å². The van der Waals surface area contributed by atoms with Crippen molar-refractivity contribution in [2.24, 2.45) is 7.05 Å². The summed E-state index contributed by atoms with van der Waals surface area (Å²) in [5.41, 5.74) is 5.02. The number of hydrogen-bond donors (Lipinski definition) is 1. The van der Waals surface area contributed by atoms with Gasteiger partial charge in [0.2, 0.25) is 10.0 Å². The molecule has 0 aliphatic rings. The Morgan fingerprint density at radius 2 is 1.76 bits per heavy atom. The molecule has 0 aliphatic carbocycles. The van der Waals surface area contributed by atoms with E-state index in [-0.39, 0.29) is 0 Å². The molecule has 1 aromatic heterocycles. The van der Waals surface area contributed by atoms with E-state index in [1.165, 1.54) is 17.0 Å². The van der Waals surface area contributed by atoms with E-state index in [2.05, 4.69) is 22.3 Å². The number of hydrogen-bond acceptors (Lipinski definition) is 3. The molecule has 2 rings (SSSR count). The van der Waals surface area contributed by atoms with Gasteiger partial charge in [-0.15, -0.1) is 0 Å². The highest BCUT2D eigenvalue weighted by molar-refractivity contribution is 7.89. The van der Waals surface area contributed by atoms with Crippen molar-refractivity contribution in [1.82, 2.24) is 9.29 Å². The Bertz CT molecular complexity index is 867. The van der Waals surface area contributed by atoms with Crippen LogP contribution in [0.5, 0.6) is 5.75 Å². The molecule has 0 unspecified atom stereocenters. The van der Waals surface area contributed by atoms with Crippen LogP contribution in [0.2, 0.25) is 0 Å². The second kappa shape index (κ2) is 7.62. The molecule has 0 saturated carbocycles. The lowest BCUT2D eigenvalue weighted by Crippen LogP contribution is -2.27. The number of rotatable bonds is 7. The monoisotopic (exact) mass is 364 g/mol. The summed E-state index contributed by atoms with van der Waals surface area (Å²) in [5.74, 6) is 0.731. The van der Waals surface area contributed by atoms with Crippen LogP contribution < -0.4 is 9.46 Å². The van der Waals surface area contributed by atoms with Gasteiger partial charge in [-0.2, -0.15) is 0 Å². The first kappa shape index (κ1) is 19.5. The highest BCUT2D eigenvalue weighted by Gasteiger charge is 2.19. The van der Waals surface area contributed by atoms with E-state index in [0.717, 1.165) is 11.3 Å². The first-order valence-electron chi connectivity index (χ1n) is 8.53. The molecule has 25 heavy (non-hydrogen) atoms. The Kier molecular flexibility index (Phi) is 5.95. The summed E-state index contributed by atoms with van der Waals surface area (Å²) in [5, 5.41) is 0. The summed E-state index contributed by atoms with van der Waals surface area (Å²) < 4.78 is 35.7. The van der Waals surface area contributed by atoms with Crippen LogP contribution in [0, 0.1) is 27.7 Å². The summed E-state index contributed by atoms with van der Waals surface area (Å²) in [6.07, 6.45) is 0.668. The predicted molar refractivity (Wildman–Crippen MR) is 101 cm³/mol. The van der Waals surface area contributed by atoms with Crippen molar-refractivity contribution in [3.63, 3.8) is 0 Å². The van der Waals surface area contributed by atoms with Crippen LogP contribution >= 0.6 is 0 Å². The minimum atomic E-state index is -3.54. The summed E-state index contributed by atoms with van der Waals surface area (Å²) in [6.45, 7) is 10.6. The van der Waals surface area contributed by atoms with Gasteiger partial charge < -0.3 is 9.30 Å². The number of sulfonamides is 1. The Morgan fingerprint density at radius 3 is 2.32 bits per heavy atom. The van der Waals surface area contributed by atoms with Crippen molar-refractivity contribution in [2.45, 2.75) is 45.9 Å². The predicted octanol–water partition coefficient (Wildman–Crippen LogP) is 3.18. The van der Waals surface area contributed by atoms with E-state index in [0.29, 0.717) is 30.0 Å². The van der Waals surface area contributed by atoms with Gasteiger partial charge in [0.15, 0.2) is 0 Å². The maximum atomic E-state index is 12.7. The van der Waals surface area contributed by atoms with E-state index in [9.17, 15) is 8.42 Å². The maximum Gasteiger partial charge on any atom is 0.240 e. The molecule has 0 atom stereocenters. The third-order valence-electron chi connectivity index (χ3n) is 4.63. The molecule has 0 amide bonds. The Balaban J connectivity index is 2.14. The summed E-state index contributed by atoms with van der Waals surface area (Å²) in [4.78, 5) is 0.314. The SMILES string of the molecule is CCOc1cc(C)c(S(=O)(=O)NCCc2cc(C)n(C)c2C)cc1C. The lowest BCUT2D eigenvalue weighted by atomic mass is 10.1. The third-order valence-corrected chi connectivity index (χ3v) is 6.23. The molecule has 0 aliphatic heterocycles. The number of aryl methyl sites for hydroxylation is 3. The number of aromatic nitrogens is 1. The second-order valence-electron chi connectivity index (χ2n) is 6.42. The zero-order valence-electron chi connectivity index (χ0n) is 15.9. The normalized spacial score (nSPS) is 11.8. The number of nitrogens with one attached hydrogen (secondary N) is 1. The highest BCUT2D eigenvalue weighted by Crippen LogP contribution is 2.26. The molecule has 1 N–H and O–H groups in total. The van der Waals surface area contributed by atoms with Crippen LogP contribution in [-0.2, 0) is 23.5 Å². The van der Waals surface area contributed by atoms with Gasteiger partial charge in [-0.1, -0.05) is 0 Å². The fourth-order valence-electron chi connectivity index (χ4n) is 2.95. The van der Waals surface area contributed by atoms with Crippen molar-refractivity contribution < 1.29 is 13.2 Å². The van der Waals surface area contributed by atoms with Crippen molar-refractivity contribution in [3.8, 4) is 5.75 Å². The molecule has 138 valence electrons. The quantitative estimate of drug-likeness (QED) is 0.821. The minimum absolute atomic E-state index is 0.314. The lowest BCUT2D eigenvalue weighted by Gasteiger charge is -2.13. The van der Waals surface area contributed by atoms with Crippen molar-refractivity contribution in [3.05, 3.63) is 46.3 Å². The zero-order chi connectivity index (χ0) is 18.8. The van der Waals surface area contributed by atoms with Crippen molar-refractivity contribution in [1.29, 1.82) is 0 Å². The van der Waals surface area contributed by atoms with Gasteiger partial charge in [0, 0.05) is 25.0 Å². The standard InChI is InChI=1S/C19H28N2O3S/c1-7-24-18-10-14(3)19(11-13(18)2)25(22,23)20-9-8-17-12-15(4)21(6)16(17)5/h10-12,20H,7-9H2,1-6H3. The maximum absolute atomic E-state index is 12.7. The first-order valence-corrected chi connectivity index (χ1v) is 10.0. The minimum Gasteiger partial charge on any atom is -0.494 e. The van der Waals surface area contributed by atoms with E-state index in [4.69, 9.17) is 4.74 Å². The molecule has 1 aromatic carbocycles. The molecule has 6 heteroatoms. The zero-order valence-corrected chi connectivity index (χ0v) is 16.8. The molecule has 0 fully saturated rings. The summed E-state index contributed by atoms with van der Waals surface area (Å²) >= 11 is 0. The van der Waals surface area contributed by atoms with E-state index in [1.807, 2.05) is 27.8 Å². The molecule has 0 saturated heterocycles. The van der Waals surface area contributed by atoms with Crippen LogP contribution in [0.25, 0.3) is 0 Å². The van der Waals surface area contributed by atoms with E-state index < -0.39 is 10.0 Å². The fourth-order valence-corrected chi connectivity index (χ4v) is 4.29. The highest BCUT2D eigenvalue weighted by atomic mass is 32.2. The van der Waals surface area contributed by atoms with Gasteiger partial charge >= 0.3 is 0 Å². The largest absolute Gasteiger partial charge is 0.494 e. The van der Waals surface area contributed by atoms with Gasteiger partial charge in [0.25, 0.3) is 0 Å². The summed E-state index contributed by atoms with van der Waals surface area (Å²) in [6, 6.07) is 5.58. The molecule has 0 spiro atoms. The average Bonchev–Trinajstić information content (AvgIpc) is 2.78. The average molecular weight is 365 g/mol. The Morgan fingerprint density at radius 1 is 1.08 bits per heavy atom. The smallest absolute Gasteiger partial charge is 0.240 e. The molecule has 1 heterocycles. The molecule has 0 radical (unpaired) electrons. The van der Waals surface area contributed by atoms with Crippen molar-refractivity contribution in [2.75, 3.05) is 13.2 Å². The second-order valence-corrected chi connectivity index (χ2v) is 8.15. The Labute approximate surface area is 151 Å². The lowest BCUT2D eigenvalue weighted by molar-refractivity contribution is 0.337. The first-order chi connectivity index (χ1) is 11.7. The number of benzene rings is 1. The van der Waals surface area contributed by atoms with Crippen LogP contribution in [0.4, 0.5) is 0 Å². The van der Waals surface area contributed by atoms with Crippen LogP contribution in [0.1, 0.15) is 35.0 Å². The van der Waals surface area contributed by atoms with Gasteiger partial charge in [0.05, 0.1) is 11.5 Å². The molecule has 5 nitrogen and oxygen atoms in total. The van der Waals surface area contributed by atoms with Gasteiger partial charge in [-0.25, -0.2) is 13.1 Å². The third kappa shape index (κ3) is 4.25. The van der Waals surface area contributed by atoms with Crippen molar-refractivity contribution >= 4 is 10.0 Å². The number of nitrogens with zero attached hydrogens (tertiary/aromatic N) is 1. The van der Waals surface area contributed by atoms with Crippen LogP contribution in [0.15, 0.2) is 23.1 Å². The topological polar surface area (TPSA) is 60.3 Å². The van der Waals surface area contributed by atoms with Crippen LogP contribution in [0.3, 0.4) is 0 Å². The van der Waals surface area contributed by atoms with E-state index >= 15 is 0 Å². The Hall–Kier alpha value is -1.79. The van der Waals surface area contributed by atoms with Gasteiger partial charge in [-0.3, -0.25) is 0 Å². The van der Waals surface area contributed by atoms with Gasteiger partial charge in [-0.05, 0) is 75.9 Å². The fraction of sp³-hybridized carbons (Fsp3) is 0.474. The molecule has 0 bridgehead atoms. The number of ether oxygens (including phenoxy) is 1. The summed E-state index contributed by atoms with van der Waals surface area (Å²) in [7, 11) is -1.53. The van der Waals surface area contributed by atoms with Gasteiger partial charge in [0.1, 0.15) is 5.75 Å². The van der Waals surface area contributed by atoms with E-state index in [1.54, 1.807) is 19.1 Å². The molecule has 2 aromatic rings. The molecular formula is C19H28N2O3S. The molecular weight excluding hydrogens is 336 g/mol.